The van der Waals surface area contributed by atoms with E-state index in [0.29, 0.717) is 25.7 Å². The monoisotopic (exact) mass is 1860 g/mol. The van der Waals surface area contributed by atoms with Gasteiger partial charge in [-0.1, -0.05) is 46.3 Å². The Morgan fingerprint density at radius 2 is 0.750 bits per heavy atom. The Labute approximate surface area is 739 Å². The van der Waals surface area contributed by atoms with Gasteiger partial charge in [0.2, 0.25) is 0 Å². The molecule has 5 heterocycles. The standard InChI is InChI=1S/C27H40O14.2C19H34O11.C17H30O10/c1-14(22(34)35)6-5-7-27(37)24(2)8-15(9-26(27,4)39-13-24)40-23-21(33)20(32)19(31)16(41-23)12-38-18(30)11-25(3,36)10-17(28)29;1-9(2)11(20)5-10(3)29-18-17(26)16(25)15(24)12(30-18)8-28-14(23)7-19(4,27)6-13(21)22;1-10(20)5-4-6-11(2)29-18-17(26)16(25)15(24)12(30-18)9-28-14(23)8-19(3,27)7-13(21)22;1-4-5-9(2)26-16-15(23)14(22)13(21)10(27-16)8-25-12(20)7-17(3,24)6-11(18)19/h5-7,15-16,19-21,23,31-33,36-37H,8-13H2,1-4H3,(H,28,29)(H,34,35);9-12,15-18,20,24-27H,5-8H2,1-4H3,(H,21,22);10-12,15-18,20,24-27H,4-9H2,1-3H3,(H,21,22);9-10,13-16,21-24H,4-8H2,1-3H3,(H,18,19)/b7-5-,14-6+;;;. The summed E-state index contributed by atoms with van der Waals surface area (Å²) < 4.78 is 70.5. The highest BCUT2D eigenvalue weighted by Gasteiger charge is 2.68. The molecule has 0 aromatic carbocycles. The van der Waals surface area contributed by atoms with Crippen LogP contribution < -0.4 is 0 Å². The number of carbonyl (C=O) groups excluding carboxylic acids is 4. The number of carboxylic acid groups (broad SMARTS) is 5. The van der Waals surface area contributed by atoms with E-state index in [1.54, 1.807) is 41.5 Å². The second kappa shape index (κ2) is 51.2. The molecule has 5 saturated heterocycles. The van der Waals surface area contributed by atoms with E-state index in [4.69, 9.17) is 87.1 Å². The predicted octanol–water partition coefficient (Wildman–Crippen LogP) is -3.92. The van der Waals surface area contributed by atoms with E-state index in [9.17, 15) is 140 Å². The van der Waals surface area contributed by atoms with Crippen molar-refractivity contribution in [1.82, 2.24) is 0 Å². The van der Waals surface area contributed by atoms with Crippen molar-refractivity contribution in [2.24, 2.45) is 11.3 Å². The zero-order valence-corrected chi connectivity index (χ0v) is 74.4. The highest BCUT2D eigenvalue weighted by Crippen LogP contribution is 2.58. The smallest absolute Gasteiger partial charge is 0.331 e. The molecule has 0 amide bonds. The second-order valence-corrected chi connectivity index (χ2v) is 35.8. The molecule has 1 saturated carbocycles. The van der Waals surface area contributed by atoms with Gasteiger partial charge in [-0.25, -0.2) is 4.79 Å². The van der Waals surface area contributed by atoms with Crippen molar-refractivity contribution in [3.63, 3.8) is 0 Å². The summed E-state index contributed by atoms with van der Waals surface area (Å²) in [7, 11) is 0. The molecule has 0 aromatic heterocycles. The van der Waals surface area contributed by atoms with Crippen LogP contribution in [-0.2, 0) is 105 Å². The number of fused-ring (bicyclic) bond motifs is 2. The molecule has 2 bridgehead atoms. The number of aliphatic hydroxyl groups excluding tert-OH is 14. The van der Waals surface area contributed by atoms with Crippen molar-refractivity contribution in [3.05, 3.63) is 23.8 Å². The van der Waals surface area contributed by atoms with Gasteiger partial charge in [0.25, 0.3) is 0 Å². The summed E-state index contributed by atoms with van der Waals surface area (Å²) in [5.41, 5.74) is -10.7. The van der Waals surface area contributed by atoms with Gasteiger partial charge in [0.15, 0.2) is 25.2 Å². The van der Waals surface area contributed by atoms with Crippen LogP contribution in [0.4, 0.5) is 0 Å². The van der Waals surface area contributed by atoms with E-state index in [1.807, 2.05) is 20.8 Å². The fraction of sp³-hybridized carbons (Fsp3) is 0.841. The first-order valence-corrected chi connectivity index (χ1v) is 42.0. The zero-order chi connectivity index (χ0) is 98.0. The van der Waals surface area contributed by atoms with Crippen LogP contribution in [0.15, 0.2) is 23.8 Å². The van der Waals surface area contributed by atoms with Gasteiger partial charge in [-0.15, -0.1) is 0 Å². The number of hydrogen-bond acceptors (Lipinski definition) is 41. The van der Waals surface area contributed by atoms with Crippen molar-refractivity contribution >= 4 is 53.7 Å². The summed E-state index contributed by atoms with van der Waals surface area (Å²) >= 11 is 0. The van der Waals surface area contributed by atoms with Crippen LogP contribution >= 0.6 is 0 Å². The van der Waals surface area contributed by atoms with Gasteiger partial charge in [-0.2, -0.15) is 0 Å². The first-order valence-electron chi connectivity index (χ1n) is 42.0. The van der Waals surface area contributed by atoms with E-state index in [0.717, 1.165) is 13.3 Å². The van der Waals surface area contributed by atoms with Gasteiger partial charge >= 0.3 is 53.7 Å². The minimum absolute atomic E-state index is 0.00819. The average molecular weight is 1860 g/mol. The van der Waals surface area contributed by atoms with Crippen LogP contribution in [0.5, 0.6) is 0 Å². The molecule has 1 aliphatic carbocycles. The maximum absolute atomic E-state index is 12.2. The Bertz CT molecular complexity index is 3530. The Hall–Kier alpha value is -6.41. The van der Waals surface area contributed by atoms with Crippen LogP contribution in [0, 0.1) is 11.3 Å². The molecule has 24 N–H and O–H groups in total. The predicted molar refractivity (Wildman–Crippen MR) is 430 cm³/mol. The molecule has 742 valence electrons. The number of aliphatic carboxylic acids is 5. The SMILES string of the molecule is C/C(=C\C=C/C1(O)C2(C)COC1(C)CC(OC1OC(COC(=O)CC(C)(O)CC(=O)O)C(O)C(O)C1O)C2)C(=O)O.CC(CC(O)C(C)C)OC1OC(COC(=O)CC(C)(O)CC(=O)O)C(O)C(O)C1O.CC(O)CCCC(C)OC1OC(COC(=O)CC(C)(O)CC(=O)O)C(O)C(O)C1O.CCCC(C)OC1OC(COC(=O)CC(C)(O)CC(=O)O)C(O)C(O)C1O. The zero-order valence-electron chi connectivity index (χ0n) is 74.4. The lowest BCUT2D eigenvalue weighted by Crippen LogP contribution is -2.63. The van der Waals surface area contributed by atoms with E-state index < -0.39 is 318 Å². The van der Waals surface area contributed by atoms with Crippen LogP contribution in [-0.4, -0.2) is 402 Å². The van der Waals surface area contributed by atoms with Crippen molar-refractivity contribution in [1.29, 1.82) is 0 Å². The largest absolute Gasteiger partial charge is 0.481 e. The fourth-order valence-corrected chi connectivity index (χ4v) is 14.6. The second-order valence-electron chi connectivity index (χ2n) is 35.8. The van der Waals surface area contributed by atoms with E-state index in [-0.39, 0.29) is 49.6 Å². The van der Waals surface area contributed by atoms with Crippen molar-refractivity contribution in [2.75, 3.05) is 33.0 Å². The molecule has 46 heteroatoms. The highest BCUT2D eigenvalue weighted by molar-refractivity contribution is 5.86. The van der Waals surface area contributed by atoms with Gasteiger partial charge in [-0.05, 0) is 120 Å². The average Bonchev–Trinajstić information content (AvgIpc) is 1.55. The summed E-state index contributed by atoms with van der Waals surface area (Å²) in [5, 5.41) is 237. The minimum atomic E-state index is -1.87. The first kappa shape index (κ1) is 116. The molecule has 6 fully saturated rings. The fourth-order valence-electron chi connectivity index (χ4n) is 14.6. The molecule has 0 radical (unpaired) electrons. The van der Waals surface area contributed by atoms with Crippen LogP contribution in [0.25, 0.3) is 0 Å². The van der Waals surface area contributed by atoms with Crippen molar-refractivity contribution in [2.45, 2.75) is 393 Å². The van der Waals surface area contributed by atoms with Crippen LogP contribution in [0.1, 0.15) is 200 Å². The molecule has 6 aliphatic rings. The van der Waals surface area contributed by atoms with Crippen LogP contribution in [0.2, 0.25) is 0 Å². The highest BCUT2D eigenvalue weighted by atomic mass is 16.7. The molecule has 0 spiro atoms. The molecular formula is C82H138O46. The molecular weight excluding hydrogens is 1720 g/mol. The van der Waals surface area contributed by atoms with Gasteiger partial charge in [-0.3, -0.25) is 38.4 Å². The number of aliphatic hydroxyl groups is 19. The van der Waals surface area contributed by atoms with Gasteiger partial charge in [0.1, 0.15) is 135 Å². The molecule has 46 nitrogen and oxygen atoms in total. The Kier molecular flexibility index (Phi) is 46.3. The molecule has 5 aliphatic heterocycles. The Balaban J connectivity index is 0.000000446. The molecule has 6 rings (SSSR count). The molecule has 33 atom stereocenters. The number of esters is 4. The maximum atomic E-state index is 12.2. The lowest BCUT2D eigenvalue weighted by molar-refractivity contribution is -0.320. The third kappa shape index (κ3) is 37.2. The molecule has 0 aromatic rings. The van der Waals surface area contributed by atoms with E-state index >= 15 is 0 Å². The van der Waals surface area contributed by atoms with Gasteiger partial charge < -0.3 is 184 Å². The number of allylic oxidation sites excluding steroid dienone is 2. The quantitative estimate of drug-likeness (QED) is 0.0120. The number of carboxylic acids is 5. The molecule has 33 unspecified atom stereocenters. The maximum Gasteiger partial charge on any atom is 0.331 e. The number of hydrogen-bond donors (Lipinski definition) is 24. The van der Waals surface area contributed by atoms with E-state index in [2.05, 4.69) is 0 Å². The first-order chi connectivity index (χ1) is 58.8. The number of rotatable bonds is 44. The summed E-state index contributed by atoms with van der Waals surface area (Å²) in [6.45, 7) is 20.1. The third-order valence-electron chi connectivity index (χ3n) is 22.0. The topological polar surface area (TPSA) is 759 Å². The van der Waals surface area contributed by atoms with E-state index in [1.165, 1.54) is 45.9 Å². The lowest BCUT2D eigenvalue weighted by Gasteiger charge is -2.51. The summed E-state index contributed by atoms with van der Waals surface area (Å²) in [6, 6.07) is 0. The Morgan fingerprint density at radius 1 is 0.438 bits per heavy atom. The molecule has 128 heavy (non-hydrogen) atoms. The lowest BCUT2D eigenvalue weighted by atomic mass is 9.59. The minimum Gasteiger partial charge on any atom is -0.481 e. The van der Waals surface area contributed by atoms with Gasteiger partial charge in [0.05, 0.1) is 117 Å². The normalized spacial score (nSPS) is 34.3. The third-order valence-corrected chi connectivity index (χ3v) is 22.0. The Morgan fingerprint density at radius 3 is 1.05 bits per heavy atom. The summed E-state index contributed by atoms with van der Waals surface area (Å²) in [6.07, 6.45) is -28.9. The summed E-state index contributed by atoms with van der Waals surface area (Å²) in [5.74, 6) is -9.94. The van der Waals surface area contributed by atoms with Crippen molar-refractivity contribution in [3.8, 4) is 0 Å². The number of ether oxygens (including phenoxy) is 13. The summed E-state index contributed by atoms with van der Waals surface area (Å²) in [4.78, 5) is 102. The van der Waals surface area contributed by atoms with Crippen LogP contribution in [0.3, 0.4) is 0 Å². The number of carbonyl (C=O) groups is 9. The van der Waals surface area contributed by atoms with Crippen molar-refractivity contribution < 1.29 is 227 Å². The van der Waals surface area contributed by atoms with Gasteiger partial charge in [0, 0.05) is 17.4 Å².